The van der Waals surface area contributed by atoms with E-state index in [1.54, 1.807) is 12.1 Å². The first-order chi connectivity index (χ1) is 9.29. The third kappa shape index (κ3) is 3.04. The Balaban J connectivity index is 2.29. The van der Waals surface area contributed by atoms with Gasteiger partial charge in [0.25, 0.3) is 0 Å². The fraction of sp³-hybridized carbons (Fsp3) is 0.333. The van der Waals surface area contributed by atoms with Crippen molar-refractivity contribution in [3.05, 3.63) is 51.2 Å². The average Bonchev–Trinajstić information content (AvgIpc) is 2.80. The molecule has 0 radical (unpaired) electrons. The lowest BCUT2D eigenvalue weighted by Gasteiger charge is -2.14. The van der Waals surface area contributed by atoms with Gasteiger partial charge in [0, 0.05) is 17.2 Å². The summed E-state index contributed by atoms with van der Waals surface area (Å²) in [7, 11) is 0. The Morgan fingerprint density at radius 2 is 2.10 bits per heavy atom. The van der Waals surface area contributed by atoms with E-state index in [4.69, 9.17) is 5.11 Å². The van der Waals surface area contributed by atoms with Gasteiger partial charge >= 0.3 is 5.97 Å². The molecule has 0 saturated carbocycles. The zero-order valence-electron chi connectivity index (χ0n) is 11.6. The molecule has 0 fully saturated rings. The molecule has 5 heteroatoms. The van der Waals surface area contributed by atoms with Crippen LogP contribution in [0.25, 0.3) is 0 Å². The first-order valence-electron chi connectivity index (χ1n) is 6.24. The predicted molar refractivity (Wildman–Crippen MR) is 77.0 cm³/mol. The highest BCUT2D eigenvalue weighted by Crippen LogP contribution is 2.26. The Kier molecular flexibility index (Phi) is 3.90. The van der Waals surface area contributed by atoms with E-state index in [2.05, 4.69) is 25.8 Å². The van der Waals surface area contributed by atoms with E-state index in [0.717, 1.165) is 10.7 Å². The largest absolute Gasteiger partial charge is 0.478 e. The molecule has 1 aromatic heterocycles. The van der Waals surface area contributed by atoms with Crippen LogP contribution in [0.4, 0.5) is 4.39 Å². The minimum Gasteiger partial charge on any atom is -0.478 e. The molecule has 0 aliphatic rings. The molecule has 20 heavy (non-hydrogen) atoms. The van der Waals surface area contributed by atoms with Gasteiger partial charge in [0.1, 0.15) is 5.82 Å². The molecule has 0 bridgehead atoms. The predicted octanol–water partition coefficient (Wildman–Crippen LogP) is 3.87. The van der Waals surface area contributed by atoms with Crippen LogP contribution in [-0.2, 0) is 11.8 Å². The SMILES string of the molecule is CC(C)(C)c1csc(Cc2cccc(C(=O)O)c2F)n1. The highest BCUT2D eigenvalue weighted by molar-refractivity contribution is 7.09. The van der Waals surface area contributed by atoms with Gasteiger partial charge in [-0.2, -0.15) is 0 Å². The number of rotatable bonds is 3. The summed E-state index contributed by atoms with van der Waals surface area (Å²) in [4.78, 5) is 15.4. The van der Waals surface area contributed by atoms with Gasteiger partial charge in [-0.3, -0.25) is 0 Å². The molecule has 1 heterocycles. The number of hydrogen-bond acceptors (Lipinski definition) is 3. The van der Waals surface area contributed by atoms with Crippen molar-refractivity contribution in [1.82, 2.24) is 4.98 Å². The number of carbonyl (C=O) groups is 1. The standard InChI is InChI=1S/C15H16FNO2S/c1-15(2,3)11-8-20-12(17-11)7-9-5-4-6-10(13(9)16)14(18)19/h4-6,8H,7H2,1-3H3,(H,18,19). The van der Waals surface area contributed by atoms with Crippen LogP contribution in [0.15, 0.2) is 23.6 Å². The van der Waals surface area contributed by atoms with Crippen LogP contribution in [0, 0.1) is 5.82 Å². The Morgan fingerprint density at radius 3 is 2.65 bits per heavy atom. The molecule has 3 nitrogen and oxygen atoms in total. The van der Waals surface area contributed by atoms with Crippen LogP contribution in [0.1, 0.15) is 47.4 Å². The number of nitrogens with zero attached hydrogens (tertiary/aromatic N) is 1. The number of aromatic carboxylic acids is 1. The molecule has 2 aromatic rings. The number of benzene rings is 1. The van der Waals surface area contributed by atoms with E-state index < -0.39 is 11.8 Å². The monoisotopic (exact) mass is 293 g/mol. The average molecular weight is 293 g/mol. The summed E-state index contributed by atoms with van der Waals surface area (Å²) in [5, 5.41) is 11.7. The molecule has 0 atom stereocenters. The smallest absolute Gasteiger partial charge is 0.338 e. The van der Waals surface area contributed by atoms with Gasteiger partial charge in [-0.25, -0.2) is 14.2 Å². The highest BCUT2D eigenvalue weighted by atomic mass is 32.1. The van der Waals surface area contributed by atoms with E-state index in [9.17, 15) is 9.18 Å². The first-order valence-corrected chi connectivity index (χ1v) is 7.12. The van der Waals surface area contributed by atoms with Gasteiger partial charge in [0.2, 0.25) is 0 Å². The third-order valence-corrected chi connectivity index (χ3v) is 3.82. The molecule has 1 aromatic carbocycles. The van der Waals surface area contributed by atoms with Crippen molar-refractivity contribution in [2.24, 2.45) is 0 Å². The second-order valence-electron chi connectivity index (χ2n) is 5.64. The summed E-state index contributed by atoms with van der Waals surface area (Å²) in [6.45, 7) is 6.20. The van der Waals surface area contributed by atoms with Crippen LogP contribution in [-0.4, -0.2) is 16.1 Å². The second-order valence-corrected chi connectivity index (χ2v) is 6.58. The van der Waals surface area contributed by atoms with Crippen LogP contribution in [0.2, 0.25) is 0 Å². The number of carboxylic acids is 1. The molecule has 0 amide bonds. The molecule has 106 valence electrons. The summed E-state index contributed by atoms with van der Waals surface area (Å²) in [5.74, 6) is -1.92. The van der Waals surface area contributed by atoms with Crippen molar-refractivity contribution in [2.45, 2.75) is 32.6 Å². The number of hydrogen-bond donors (Lipinski definition) is 1. The third-order valence-electron chi connectivity index (χ3n) is 2.97. The highest BCUT2D eigenvalue weighted by Gasteiger charge is 2.19. The molecule has 2 rings (SSSR count). The minimum atomic E-state index is -1.25. The number of halogens is 1. The maximum Gasteiger partial charge on any atom is 0.338 e. The van der Waals surface area contributed by atoms with Crippen LogP contribution < -0.4 is 0 Å². The summed E-state index contributed by atoms with van der Waals surface area (Å²) < 4.78 is 14.0. The first kappa shape index (κ1) is 14.7. The number of thiazole rings is 1. The van der Waals surface area contributed by atoms with Gasteiger partial charge in [-0.15, -0.1) is 11.3 Å². The molecular formula is C15H16FNO2S. The van der Waals surface area contributed by atoms with Crippen molar-refractivity contribution in [3.8, 4) is 0 Å². The maximum atomic E-state index is 14.0. The summed E-state index contributed by atoms with van der Waals surface area (Å²) in [6.07, 6.45) is 0.313. The molecule has 0 spiro atoms. The van der Waals surface area contributed by atoms with E-state index in [1.165, 1.54) is 17.4 Å². The van der Waals surface area contributed by atoms with Gasteiger partial charge in [-0.1, -0.05) is 32.9 Å². The summed E-state index contributed by atoms with van der Waals surface area (Å²) in [6, 6.07) is 4.42. The second kappa shape index (κ2) is 5.32. The van der Waals surface area contributed by atoms with Crippen molar-refractivity contribution < 1.29 is 14.3 Å². The number of carboxylic acid groups (broad SMARTS) is 1. The van der Waals surface area contributed by atoms with Crippen molar-refractivity contribution in [3.63, 3.8) is 0 Å². The molecule has 0 aliphatic carbocycles. The Morgan fingerprint density at radius 1 is 1.40 bits per heavy atom. The lowest BCUT2D eigenvalue weighted by Crippen LogP contribution is -2.11. The van der Waals surface area contributed by atoms with Crippen LogP contribution in [0.5, 0.6) is 0 Å². The van der Waals surface area contributed by atoms with Crippen LogP contribution in [0.3, 0.4) is 0 Å². The Bertz CT molecular complexity index is 644. The Labute approximate surface area is 121 Å². The van der Waals surface area contributed by atoms with Crippen molar-refractivity contribution >= 4 is 17.3 Å². The molecule has 1 N–H and O–H groups in total. The Hall–Kier alpha value is -1.75. The topological polar surface area (TPSA) is 50.2 Å². The van der Waals surface area contributed by atoms with E-state index in [0.29, 0.717) is 12.0 Å². The fourth-order valence-electron chi connectivity index (χ4n) is 1.78. The number of aromatic nitrogens is 1. The van der Waals surface area contributed by atoms with Gasteiger partial charge in [-0.05, 0) is 11.6 Å². The van der Waals surface area contributed by atoms with E-state index in [1.807, 2.05) is 5.38 Å². The van der Waals surface area contributed by atoms with E-state index >= 15 is 0 Å². The lowest BCUT2D eigenvalue weighted by molar-refractivity contribution is 0.0691. The normalized spacial score (nSPS) is 11.6. The van der Waals surface area contributed by atoms with Crippen molar-refractivity contribution in [1.29, 1.82) is 0 Å². The van der Waals surface area contributed by atoms with Gasteiger partial charge < -0.3 is 5.11 Å². The van der Waals surface area contributed by atoms with Crippen LogP contribution >= 0.6 is 11.3 Å². The lowest BCUT2D eigenvalue weighted by atomic mass is 9.93. The molecule has 0 saturated heterocycles. The van der Waals surface area contributed by atoms with Crippen molar-refractivity contribution in [2.75, 3.05) is 0 Å². The minimum absolute atomic E-state index is 0.0454. The van der Waals surface area contributed by atoms with E-state index in [-0.39, 0.29) is 11.0 Å². The summed E-state index contributed by atoms with van der Waals surface area (Å²) >= 11 is 1.47. The molecule has 0 aliphatic heterocycles. The molecule has 0 unspecified atom stereocenters. The molecular weight excluding hydrogens is 277 g/mol. The van der Waals surface area contributed by atoms with Gasteiger partial charge in [0.05, 0.1) is 16.3 Å². The zero-order valence-corrected chi connectivity index (χ0v) is 12.4. The zero-order chi connectivity index (χ0) is 14.9. The maximum absolute atomic E-state index is 14.0. The quantitative estimate of drug-likeness (QED) is 0.934. The fourth-order valence-corrected chi connectivity index (χ4v) is 2.82. The van der Waals surface area contributed by atoms with Gasteiger partial charge in [0.15, 0.2) is 0 Å². The summed E-state index contributed by atoms with van der Waals surface area (Å²) in [5.41, 5.74) is 0.984.